The molecule has 6 heteroatoms. The summed E-state index contributed by atoms with van der Waals surface area (Å²) in [6.07, 6.45) is 0.851. The van der Waals surface area contributed by atoms with Crippen LogP contribution in [0.25, 0.3) is 0 Å². The molecule has 0 radical (unpaired) electrons. The largest absolute Gasteiger partial charge is 0.330 e. The van der Waals surface area contributed by atoms with E-state index < -0.39 is 0 Å². The van der Waals surface area contributed by atoms with Crippen molar-refractivity contribution in [3.63, 3.8) is 0 Å². The molecule has 1 aliphatic rings. The maximum absolute atomic E-state index is 5.46. The van der Waals surface area contributed by atoms with E-state index >= 15 is 0 Å². The summed E-state index contributed by atoms with van der Waals surface area (Å²) < 4.78 is 1.78. The van der Waals surface area contributed by atoms with E-state index in [0.717, 1.165) is 28.9 Å². The minimum atomic E-state index is 0.649. The van der Waals surface area contributed by atoms with Crippen LogP contribution in [0.15, 0.2) is 10.3 Å². The van der Waals surface area contributed by atoms with E-state index in [2.05, 4.69) is 15.3 Å². The van der Waals surface area contributed by atoms with Crippen LogP contribution in [0.3, 0.4) is 0 Å². The van der Waals surface area contributed by atoms with Crippen LogP contribution < -0.4 is 5.73 Å². The van der Waals surface area contributed by atoms with E-state index in [-0.39, 0.29) is 0 Å². The number of aryl methyl sites for hydroxylation is 1. The third-order valence-corrected chi connectivity index (χ3v) is 2.80. The Labute approximate surface area is 80.4 Å². The molecule has 0 spiro atoms. The predicted octanol–water partition coefficient (Wildman–Crippen LogP) is 0.245. The summed E-state index contributed by atoms with van der Waals surface area (Å²) in [5, 5.41) is 13.2. The minimum Gasteiger partial charge on any atom is -0.330 e. The van der Waals surface area contributed by atoms with Gasteiger partial charge < -0.3 is 5.73 Å². The monoisotopic (exact) mass is 197 g/mol. The molecule has 70 valence electrons. The number of hydrogen-bond acceptors (Lipinski definition) is 5. The van der Waals surface area contributed by atoms with Gasteiger partial charge in [-0.1, -0.05) is 11.8 Å². The summed E-state index contributed by atoms with van der Waals surface area (Å²) in [6.45, 7) is 2.54. The van der Waals surface area contributed by atoms with Crippen LogP contribution in [0.2, 0.25) is 0 Å². The molecule has 0 bridgehead atoms. The fourth-order valence-corrected chi connectivity index (χ4v) is 2.04. The molecule has 5 nitrogen and oxygen atoms in total. The summed E-state index contributed by atoms with van der Waals surface area (Å²) in [7, 11) is 0. The summed E-state index contributed by atoms with van der Waals surface area (Å²) in [6, 6.07) is 0. The Balaban J connectivity index is 2.31. The molecule has 0 aliphatic carbocycles. The lowest BCUT2D eigenvalue weighted by atomic mass is 10.3. The Hall–Kier alpha value is -0.880. The lowest BCUT2D eigenvalue weighted by molar-refractivity contribution is 0.728. The molecular formula is C7H11N5S. The Morgan fingerprint density at radius 1 is 1.54 bits per heavy atom. The second-order valence-electron chi connectivity index (χ2n) is 2.84. The van der Waals surface area contributed by atoms with E-state index in [0.29, 0.717) is 6.54 Å². The maximum Gasteiger partial charge on any atom is 0.212 e. The zero-order valence-corrected chi connectivity index (χ0v) is 8.21. The number of nitrogens with zero attached hydrogens (tertiary/aromatic N) is 4. The van der Waals surface area contributed by atoms with Crippen molar-refractivity contribution in [1.82, 2.24) is 14.9 Å². The Morgan fingerprint density at radius 3 is 3.15 bits per heavy atom. The number of aromatic nitrogens is 3. The standard InChI is InChI=1S/C7H11N5S/c1-5-9-10-7-12(5)11-6(2-3-8)4-13-7/h2-4,8H2,1H3. The molecule has 2 rings (SSSR count). The van der Waals surface area contributed by atoms with Crippen molar-refractivity contribution in [3.8, 4) is 0 Å². The first-order valence-corrected chi connectivity index (χ1v) is 5.11. The topological polar surface area (TPSA) is 69.1 Å². The second-order valence-corrected chi connectivity index (χ2v) is 3.78. The van der Waals surface area contributed by atoms with Crippen molar-refractivity contribution in [2.24, 2.45) is 10.8 Å². The first-order chi connectivity index (χ1) is 6.31. The highest BCUT2D eigenvalue weighted by Gasteiger charge is 2.15. The highest BCUT2D eigenvalue weighted by Crippen LogP contribution is 2.21. The Morgan fingerprint density at radius 2 is 2.38 bits per heavy atom. The van der Waals surface area contributed by atoms with Gasteiger partial charge in [-0.3, -0.25) is 0 Å². The lowest BCUT2D eigenvalue weighted by Crippen LogP contribution is -2.16. The third-order valence-electron chi connectivity index (χ3n) is 1.81. The van der Waals surface area contributed by atoms with Gasteiger partial charge in [-0.15, -0.1) is 10.2 Å². The van der Waals surface area contributed by atoms with E-state index in [1.54, 1.807) is 16.4 Å². The second kappa shape index (κ2) is 3.47. The molecule has 0 saturated heterocycles. The highest BCUT2D eigenvalue weighted by molar-refractivity contribution is 7.99. The molecule has 0 unspecified atom stereocenters. The van der Waals surface area contributed by atoms with Gasteiger partial charge in [0.1, 0.15) is 0 Å². The van der Waals surface area contributed by atoms with E-state index in [9.17, 15) is 0 Å². The van der Waals surface area contributed by atoms with Crippen molar-refractivity contribution >= 4 is 17.5 Å². The van der Waals surface area contributed by atoms with Gasteiger partial charge in [-0.05, 0) is 13.5 Å². The molecule has 0 fully saturated rings. The lowest BCUT2D eigenvalue weighted by Gasteiger charge is -2.11. The van der Waals surface area contributed by atoms with Gasteiger partial charge in [0.15, 0.2) is 5.82 Å². The number of nitrogens with two attached hydrogens (primary N) is 1. The van der Waals surface area contributed by atoms with Gasteiger partial charge in [-0.2, -0.15) is 9.78 Å². The first-order valence-electron chi connectivity index (χ1n) is 4.13. The molecule has 2 heterocycles. The molecule has 2 N–H and O–H groups in total. The molecular weight excluding hydrogens is 186 g/mol. The predicted molar refractivity (Wildman–Crippen MR) is 52.0 cm³/mol. The van der Waals surface area contributed by atoms with Crippen LogP contribution in [0.5, 0.6) is 0 Å². The number of fused-ring (bicyclic) bond motifs is 1. The smallest absolute Gasteiger partial charge is 0.212 e. The molecule has 1 aromatic rings. The number of thioether (sulfide) groups is 1. The summed E-state index contributed by atoms with van der Waals surface area (Å²) in [5.41, 5.74) is 6.58. The van der Waals surface area contributed by atoms with Crippen LogP contribution in [0, 0.1) is 6.92 Å². The average Bonchev–Trinajstić information content (AvgIpc) is 2.49. The van der Waals surface area contributed by atoms with Crippen LogP contribution in [0.4, 0.5) is 0 Å². The van der Waals surface area contributed by atoms with Crippen molar-refractivity contribution in [3.05, 3.63) is 5.82 Å². The summed E-state index contributed by atoms with van der Waals surface area (Å²) in [4.78, 5) is 0. The zero-order chi connectivity index (χ0) is 9.26. The zero-order valence-electron chi connectivity index (χ0n) is 7.40. The number of rotatable bonds is 2. The van der Waals surface area contributed by atoms with Gasteiger partial charge in [0.05, 0.1) is 5.71 Å². The summed E-state index contributed by atoms with van der Waals surface area (Å²) >= 11 is 1.66. The maximum atomic E-state index is 5.46. The molecule has 1 aromatic heterocycles. The molecule has 0 amide bonds. The van der Waals surface area contributed by atoms with Crippen LogP contribution in [-0.4, -0.2) is 32.9 Å². The minimum absolute atomic E-state index is 0.649. The number of hydrogen-bond donors (Lipinski definition) is 1. The van der Waals surface area contributed by atoms with Crippen molar-refractivity contribution in [2.75, 3.05) is 12.3 Å². The highest BCUT2D eigenvalue weighted by atomic mass is 32.2. The Kier molecular flexibility index (Phi) is 2.32. The van der Waals surface area contributed by atoms with Crippen LogP contribution >= 0.6 is 11.8 Å². The fraction of sp³-hybridized carbons (Fsp3) is 0.571. The first kappa shape index (κ1) is 8.71. The van der Waals surface area contributed by atoms with E-state index in [1.807, 2.05) is 6.92 Å². The quantitative estimate of drug-likeness (QED) is 0.737. The van der Waals surface area contributed by atoms with Crippen LogP contribution in [0.1, 0.15) is 12.2 Å². The molecule has 13 heavy (non-hydrogen) atoms. The summed E-state index contributed by atoms with van der Waals surface area (Å²) in [5.74, 6) is 1.71. The van der Waals surface area contributed by atoms with Gasteiger partial charge in [-0.25, -0.2) is 0 Å². The van der Waals surface area contributed by atoms with Gasteiger partial charge in [0.2, 0.25) is 5.16 Å². The van der Waals surface area contributed by atoms with Gasteiger partial charge in [0.25, 0.3) is 0 Å². The molecule has 0 atom stereocenters. The molecule has 1 aliphatic heterocycles. The molecule has 0 aromatic carbocycles. The van der Waals surface area contributed by atoms with Crippen molar-refractivity contribution in [1.29, 1.82) is 0 Å². The Bertz CT molecular complexity index is 343. The van der Waals surface area contributed by atoms with E-state index in [4.69, 9.17) is 5.73 Å². The molecule has 0 saturated carbocycles. The van der Waals surface area contributed by atoms with Crippen molar-refractivity contribution < 1.29 is 0 Å². The normalized spacial score (nSPS) is 15.4. The van der Waals surface area contributed by atoms with E-state index in [1.165, 1.54) is 0 Å². The van der Waals surface area contributed by atoms with Crippen molar-refractivity contribution in [2.45, 2.75) is 18.5 Å². The SMILES string of the molecule is Cc1nnc2n1N=C(CCN)CS2. The average molecular weight is 197 g/mol. The fourth-order valence-electron chi connectivity index (χ4n) is 1.15. The van der Waals surface area contributed by atoms with Crippen LogP contribution in [-0.2, 0) is 0 Å². The van der Waals surface area contributed by atoms with Gasteiger partial charge >= 0.3 is 0 Å². The van der Waals surface area contributed by atoms with Gasteiger partial charge in [0, 0.05) is 12.2 Å². The third kappa shape index (κ3) is 1.59.